The molecule has 7 nitrogen and oxygen atoms in total. The molecule has 2 aromatic carbocycles. The number of rotatable bonds is 11. The van der Waals surface area contributed by atoms with Gasteiger partial charge >= 0.3 is 0 Å². The second kappa shape index (κ2) is 11.9. The molecule has 1 N–H and O–H groups in total. The van der Waals surface area contributed by atoms with E-state index in [0.29, 0.717) is 49.3 Å². The number of amides is 1. The monoisotopic (exact) mass is 480 g/mol. The van der Waals surface area contributed by atoms with E-state index in [-0.39, 0.29) is 11.3 Å². The molecule has 1 aliphatic rings. The Bertz CT molecular complexity index is 1060. The van der Waals surface area contributed by atoms with Gasteiger partial charge in [-0.2, -0.15) is 0 Å². The summed E-state index contributed by atoms with van der Waals surface area (Å²) in [5.74, 6) is 0.226. The number of benzene rings is 2. The van der Waals surface area contributed by atoms with E-state index >= 15 is 0 Å². The quantitative estimate of drug-likeness (QED) is 0.290. The van der Waals surface area contributed by atoms with E-state index in [1.165, 1.54) is 4.90 Å². The van der Waals surface area contributed by atoms with Gasteiger partial charge in [-0.25, -0.2) is 0 Å². The minimum atomic E-state index is -0.711. The van der Waals surface area contributed by atoms with E-state index in [9.17, 15) is 14.7 Å². The van der Waals surface area contributed by atoms with E-state index in [4.69, 9.17) is 9.47 Å². The van der Waals surface area contributed by atoms with Crippen molar-refractivity contribution in [3.63, 3.8) is 0 Å². The van der Waals surface area contributed by atoms with Gasteiger partial charge in [0, 0.05) is 18.7 Å². The number of aliphatic hydroxyl groups is 1. The van der Waals surface area contributed by atoms with Crippen LogP contribution in [-0.4, -0.2) is 67.0 Å². The number of likely N-dealkylation sites (N-methyl/N-ethyl adjacent to an activating group) is 1. The van der Waals surface area contributed by atoms with Crippen molar-refractivity contribution >= 4 is 17.4 Å². The van der Waals surface area contributed by atoms with Gasteiger partial charge in [0.1, 0.15) is 17.3 Å². The summed E-state index contributed by atoms with van der Waals surface area (Å²) in [6, 6.07) is 13.6. The maximum absolute atomic E-state index is 13.2. The number of Topliss-reactive ketones (excluding diaryl/α,β-unsaturated/α-hetero) is 1. The highest BCUT2D eigenvalue weighted by molar-refractivity contribution is 6.46. The van der Waals surface area contributed by atoms with Crippen molar-refractivity contribution in [1.82, 2.24) is 9.80 Å². The fraction of sp³-hybridized carbons (Fsp3) is 0.429. The summed E-state index contributed by atoms with van der Waals surface area (Å²) in [5, 5.41) is 11.3. The number of hydrogen-bond donors (Lipinski definition) is 1. The third-order valence-electron chi connectivity index (χ3n) is 5.69. The summed E-state index contributed by atoms with van der Waals surface area (Å²) in [6.45, 7) is 8.24. The lowest BCUT2D eigenvalue weighted by Gasteiger charge is -2.27. The number of ketones is 1. The topological polar surface area (TPSA) is 79.3 Å². The Hall–Kier alpha value is -3.32. The van der Waals surface area contributed by atoms with Crippen molar-refractivity contribution in [3.05, 3.63) is 65.2 Å². The van der Waals surface area contributed by atoms with E-state index in [1.54, 1.807) is 24.3 Å². The van der Waals surface area contributed by atoms with Crippen molar-refractivity contribution in [2.45, 2.75) is 33.2 Å². The largest absolute Gasteiger partial charge is 0.507 e. The first-order valence-corrected chi connectivity index (χ1v) is 12.1. The van der Waals surface area contributed by atoms with E-state index in [2.05, 4.69) is 13.8 Å². The summed E-state index contributed by atoms with van der Waals surface area (Å²) < 4.78 is 11.5. The predicted octanol–water partition coefficient (Wildman–Crippen LogP) is 4.49. The minimum Gasteiger partial charge on any atom is -0.507 e. The van der Waals surface area contributed by atoms with Crippen molar-refractivity contribution in [2.75, 3.05) is 40.4 Å². The van der Waals surface area contributed by atoms with Gasteiger partial charge in [-0.05, 0) is 68.4 Å². The molecule has 3 rings (SSSR count). The fourth-order valence-electron chi connectivity index (χ4n) is 3.89. The molecule has 0 aromatic heterocycles. The molecule has 1 aliphatic heterocycles. The van der Waals surface area contributed by atoms with Crippen molar-refractivity contribution in [2.24, 2.45) is 5.92 Å². The van der Waals surface area contributed by atoms with Gasteiger partial charge < -0.3 is 24.4 Å². The zero-order chi connectivity index (χ0) is 25.5. The van der Waals surface area contributed by atoms with Crippen LogP contribution in [0.3, 0.4) is 0 Å². The highest BCUT2D eigenvalue weighted by Crippen LogP contribution is 2.40. The number of nitrogens with zero attached hydrogens (tertiary/aromatic N) is 2. The third-order valence-corrected chi connectivity index (χ3v) is 5.69. The molecule has 0 bridgehead atoms. The summed E-state index contributed by atoms with van der Waals surface area (Å²) in [4.78, 5) is 29.7. The number of ether oxygens (including phenoxy) is 2. The first kappa shape index (κ1) is 26.3. The second-order valence-electron chi connectivity index (χ2n) is 9.45. The number of aliphatic hydroxyl groups excluding tert-OH is 1. The predicted molar refractivity (Wildman–Crippen MR) is 137 cm³/mol. The summed E-state index contributed by atoms with van der Waals surface area (Å²) >= 11 is 0. The van der Waals surface area contributed by atoms with Crippen LogP contribution in [0.4, 0.5) is 0 Å². The number of likely N-dealkylation sites (tertiary alicyclic amines) is 1. The van der Waals surface area contributed by atoms with Crippen LogP contribution in [-0.2, 0) is 9.59 Å². The number of carbonyl (C=O) groups is 2. The number of hydrogen-bond acceptors (Lipinski definition) is 6. The van der Waals surface area contributed by atoms with Crippen LogP contribution in [0.1, 0.15) is 44.4 Å². The van der Waals surface area contributed by atoms with Crippen LogP contribution in [0.15, 0.2) is 54.1 Å². The highest BCUT2D eigenvalue weighted by Gasteiger charge is 2.46. The van der Waals surface area contributed by atoms with Gasteiger partial charge in [0.05, 0.1) is 24.8 Å². The summed E-state index contributed by atoms with van der Waals surface area (Å²) in [7, 11) is 3.82. The van der Waals surface area contributed by atoms with Gasteiger partial charge in [0.15, 0.2) is 0 Å². The Morgan fingerprint density at radius 3 is 2.40 bits per heavy atom. The lowest BCUT2D eigenvalue weighted by atomic mass is 9.95. The van der Waals surface area contributed by atoms with Gasteiger partial charge in [0.25, 0.3) is 11.7 Å². The standard InChI is InChI=1S/C28H36N2O5/c1-6-16-34-23-9-7-8-21(17-23)25-24(27(32)28(33)30(25)15-14-29(4)5)26(31)20-10-12-22(13-11-20)35-18-19(2)3/h7-13,17,19,25,31H,6,14-16,18H2,1-5H3/b26-24-. The Balaban J connectivity index is 2.03. The molecule has 2 aromatic rings. The molecule has 1 amide bonds. The Kier molecular flexibility index (Phi) is 8.93. The van der Waals surface area contributed by atoms with Crippen molar-refractivity contribution in [3.8, 4) is 11.5 Å². The van der Waals surface area contributed by atoms with Gasteiger partial charge in [-0.3, -0.25) is 9.59 Å². The highest BCUT2D eigenvalue weighted by atomic mass is 16.5. The molecule has 188 valence electrons. The van der Waals surface area contributed by atoms with Gasteiger partial charge in [0.2, 0.25) is 0 Å². The Morgan fingerprint density at radius 2 is 1.77 bits per heavy atom. The van der Waals surface area contributed by atoms with Crippen LogP contribution < -0.4 is 9.47 Å². The number of carbonyl (C=O) groups excluding carboxylic acids is 2. The SMILES string of the molecule is CCCOc1cccc(C2/C(=C(/O)c3ccc(OCC(C)C)cc3)C(=O)C(=O)N2CCN(C)C)c1. The van der Waals surface area contributed by atoms with Gasteiger partial charge in [-0.15, -0.1) is 0 Å². The van der Waals surface area contributed by atoms with Crippen LogP contribution in [0.25, 0.3) is 5.76 Å². The van der Waals surface area contributed by atoms with E-state index in [1.807, 2.05) is 50.2 Å². The molecule has 1 atom stereocenters. The molecular formula is C28H36N2O5. The zero-order valence-electron chi connectivity index (χ0n) is 21.3. The van der Waals surface area contributed by atoms with Crippen LogP contribution >= 0.6 is 0 Å². The van der Waals surface area contributed by atoms with Crippen LogP contribution in [0.2, 0.25) is 0 Å². The molecule has 1 unspecified atom stereocenters. The van der Waals surface area contributed by atoms with Gasteiger partial charge in [-0.1, -0.05) is 32.9 Å². The summed E-state index contributed by atoms with van der Waals surface area (Å²) in [6.07, 6.45) is 0.863. The molecule has 1 fully saturated rings. The van der Waals surface area contributed by atoms with E-state index < -0.39 is 17.7 Å². The molecule has 7 heteroatoms. The minimum absolute atomic E-state index is 0.0808. The zero-order valence-corrected chi connectivity index (χ0v) is 21.3. The molecule has 1 saturated heterocycles. The molecule has 1 heterocycles. The Labute approximate surface area is 207 Å². The van der Waals surface area contributed by atoms with Crippen molar-refractivity contribution in [1.29, 1.82) is 0 Å². The maximum atomic E-state index is 13.2. The average molecular weight is 481 g/mol. The molecule has 0 radical (unpaired) electrons. The molecular weight excluding hydrogens is 444 g/mol. The maximum Gasteiger partial charge on any atom is 0.295 e. The third kappa shape index (κ3) is 6.42. The van der Waals surface area contributed by atoms with Crippen LogP contribution in [0, 0.1) is 5.92 Å². The molecule has 35 heavy (non-hydrogen) atoms. The first-order chi connectivity index (χ1) is 16.7. The Morgan fingerprint density at radius 1 is 1.06 bits per heavy atom. The first-order valence-electron chi connectivity index (χ1n) is 12.1. The van der Waals surface area contributed by atoms with Crippen molar-refractivity contribution < 1.29 is 24.2 Å². The molecule has 0 spiro atoms. The molecule has 0 aliphatic carbocycles. The normalized spacial score (nSPS) is 17.5. The van der Waals surface area contributed by atoms with Crippen LogP contribution in [0.5, 0.6) is 11.5 Å². The van der Waals surface area contributed by atoms with E-state index in [0.717, 1.165) is 12.0 Å². The summed E-state index contributed by atoms with van der Waals surface area (Å²) in [5.41, 5.74) is 1.25. The fourth-order valence-corrected chi connectivity index (χ4v) is 3.89. The lowest BCUT2D eigenvalue weighted by molar-refractivity contribution is -0.140. The smallest absolute Gasteiger partial charge is 0.295 e. The second-order valence-corrected chi connectivity index (χ2v) is 9.45. The molecule has 0 saturated carbocycles. The average Bonchev–Trinajstić information content (AvgIpc) is 3.09. The lowest BCUT2D eigenvalue weighted by Crippen LogP contribution is -2.35.